The van der Waals surface area contributed by atoms with Gasteiger partial charge in [0.25, 0.3) is 0 Å². The summed E-state index contributed by atoms with van der Waals surface area (Å²) >= 11 is 0. The number of ether oxygens (including phenoxy) is 1. The average molecular weight is 295 g/mol. The predicted octanol–water partition coefficient (Wildman–Crippen LogP) is 2.33. The molecular formula is C16H17N5O. The first kappa shape index (κ1) is 14.1. The summed E-state index contributed by atoms with van der Waals surface area (Å²) in [5.74, 6) is 1.71. The highest BCUT2D eigenvalue weighted by atomic mass is 16.5. The highest BCUT2D eigenvalue weighted by Crippen LogP contribution is 2.26. The lowest BCUT2D eigenvalue weighted by Gasteiger charge is -2.07. The van der Waals surface area contributed by atoms with Gasteiger partial charge in [0.05, 0.1) is 17.0 Å². The molecule has 0 aliphatic carbocycles. The van der Waals surface area contributed by atoms with Gasteiger partial charge < -0.3 is 20.4 Å². The van der Waals surface area contributed by atoms with Crippen molar-refractivity contribution in [2.75, 3.05) is 7.05 Å². The monoisotopic (exact) mass is 295 g/mol. The number of hydrogen-bond donors (Lipinski definition) is 2. The van der Waals surface area contributed by atoms with Crippen LogP contribution >= 0.6 is 0 Å². The molecule has 0 unspecified atom stereocenters. The molecule has 0 saturated heterocycles. The molecule has 0 fully saturated rings. The maximum absolute atomic E-state index is 5.80. The van der Waals surface area contributed by atoms with Crippen molar-refractivity contribution in [1.29, 1.82) is 0 Å². The van der Waals surface area contributed by atoms with Crippen LogP contribution in [0.3, 0.4) is 0 Å². The number of rotatable bonds is 5. The first-order valence-electron chi connectivity index (χ1n) is 6.86. The van der Waals surface area contributed by atoms with E-state index in [-0.39, 0.29) is 0 Å². The Kier molecular flexibility index (Phi) is 3.76. The maximum Gasteiger partial charge on any atom is 0.222 e. The van der Waals surface area contributed by atoms with Crippen LogP contribution in [0.1, 0.15) is 5.69 Å². The van der Waals surface area contributed by atoms with Crippen molar-refractivity contribution < 1.29 is 4.74 Å². The molecule has 6 nitrogen and oxygen atoms in total. The van der Waals surface area contributed by atoms with Crippen molar-refractivity contribution in [3.8, 4) is 11.6 Å². The van der Waals surface area contributed by atoms with Gasteiger partial charge in [-0.1, -0.05) is 6.58 Å². The number of nitrogens with one attached hydrogen (secondary N) is 1. The van der Waals surface area contributed by atoms with Crippen LogP contribution in [0, 0.1) is 0 Å². The molecule has 112 valence electrons. The van der Waals surface area contributed by atoms with E-state index in [0.717, 1.165) is 16.6 Å². The molecule has 0 aliphatic heterocycles. The van der Waals surface area contributed by atoms with E-state index in [1.807, 2.05) is 48.1 Å². The van der Waals surface area contributed by atoms with Gasteiger partial charge in [-0.15, -0.1) is 0 Å². The lowest BCUT2D eigenvalue weighted by molar-refractivity contribution is 0.460. The lowest BCUT2D eigenvalue weighted by atomic mass is 10.2. The van der Waals surface area contributed by atoms with E-state index < -0.39 is 0 Å². The number of hydrogen-bond acceptors (Lipinski definition) is 5. The molecule has 0 aliphatic rings. The molecule has 2 aromatic heterocycles. The summed E-state index contributed by atoms with van der Waals surface area (Å²) in [6.45, 7) is 4.42. The van der Waals surface area contributed by atoms with E-state index in [9.17, 15) is 0 Å². The zero-order chi connectivity index (χ0) is 15.5. The van der Waals surface area contributed by atoms with E-state index in [1.165, 1.54) is 6.33 Å². The van der Waals surface area contributed by atoms with Crippen LogP contribution in [0.2, 0.25) is 0 Å². The molecule has 2 heterocycles. The van der Waals surface area contributed by atoms with E-state index in [1.54, 1.807) is 0 Å². The first-order valence-corrected chi connectivity index (χ1v) is 6.86. The summed E-state index contributed by atoms with van der Waals surface area (Å²) in [5.41, 5.74) is 7.60. The molecule has 22 heavy (non-hydrogen) atoms. The zero-order valence-electron chi connectivity index (χ0n) is 12.3. The smallest absolute Gasteiger partial charge is 0.222 e. The minimum Gasteiger partial charge on any atom is -0.439 e. The van der Waals surface area contributed by atoms with Gasteiger partial charge in [0.2, 0.25) is 5.88 Å². The second-order valence-corrected chi connectivity index (χ2v) is 4.88. The molecule has 0 radical (unpaired) electrons. The molecule has 0 amide bonds. The Hall–Kier alpha value is -2.86. The summed E-state index contributed by atoms with van der Waals surface area (Å²) in [5, 5.41) is 4.07. The lowest BCUT2D eigenvalue weighted by Crippen LogP contribution is -2.07. The summed E-state index contributed by atoms with van der Waals surface area (Å²) in [4.78, 5) is 8.29. The van der Waals surface area contributed by atoms with E-state index in [4.69, 9.17) is 10.5 Å². The van der Waals surface area contributed by atoms with Crippen LogP contribution in [0.4, 0.5) is 0 Å². The second-order valence-electron chi connectivity index (χ2n) is 4.88. The molecule has 3 N–H and O–H groups in total. The maximum atomic E-state index is 5.80. The van der Waals surface area contributed by atoms with Gasteiger partial charge in [0, 0.05) is 24.2 Å². The fraction of sp³-hybridized carbons (Fsp3) is 0.125. The average Bonchev–Trinajstić information content (AvgIpc) is 2.91. The first-order chi connectivity index (χ1) is 10.7. The summed E-state index contributed by atoms with van der Waals surface area (Å²) in [6, 6.07) is 9.54. The fourth-order valence-corrected chi connectivity index (χ4v) is 2.27. The summed E-state index contributed by atoms with van der Waals surface area (Å²) in [7, 11) is 1.87. The van der Waals surface area contributed by atoms with Crippen LogP contribution in [0.25, 0.3) is 16.7 Å². The highest BCUT2D eigenvalue weighted by molar-refractivity contribution is 5.84. The van der Waals surface area contributed by atoms with Crippen molar-refractivity contribution in [2.24, 2.45) is 5.73 Å². The van der Waals surface area contributed by atoms with E-state index in [2.05, 4.69) is 21.9 Å². The minimum atomic E-state index is 0.483. The minimum absolute atomic E-state index is 0.483. The Morgan fingerprint density at radius 1 is 1.32 bits per heavy atom. The van der Waals surface area contributed by atoms with Gasteiger partial charge in [-0.05, 0) is 31.3 Å². The molecule has 6 heteroatoms. The topological polar surface area (TPSA) is 78.0 Å². The van der Waals surface area contributed by atoms with Crippen LogP contribution in [0.15, 0.2) is 49.4 Å². The molecule has 0 bridgehead atoms. The third-order valence-corrected chi connectivity index (χ3v) is 3.25. The molecule has 1 aromatic carbocycles. The normalized spacial score (nSPS) is 10.8. The van der Waals surface area contributed by atoms with Crippen molar-refractivity contribution in [2.45, 2.75) is 6.54 Å². The summed E-state index contributed by atoms with van der Waals surface area (Å²) < 4.78 is 7.63. The van der Waals surface area contributed by atoms with Gasteiger partial charge in [-0.3, -0.25) is 0 Å². The van der Waals surface area contributed by atoms with Gasteiger partial charge in [-0.2, -0.15) is 0 Å². The number of nitrogens with zero attached hydrogens (tertiary/aromatic N) is 3. The molecular weight excluding hydrogens is 278 g/mol. The van der Waals surface area contributed by atoms with Gasteiger partial charge in [0.15, 0.2) is 0 Å². The standard InChI is InChI=1S/C16H17N5O/c1-11(17)21-6-5-12-7-14(3-4-15(12)21)22-16-8-13(9-18-2)19-10-20-16/h3-8,10,18H,1,9,17H2,2H3. The number of fused-ring (bicyclic) bond motifs is 1. The molecule has 0 spiro atoms. The van der Waals surface area contributed by atoms with E-state index >= 15 is 0 Å². The van der Waals surface area contributed by atoms with Gasteiger partial charge in [-0.25, -0.2) is 9.97 Å². The van der Waals surface area contributed by atoms with Crippen LogP contribution in [-0.2, 0) is 6.54 Å². The molecule has 0 saturated carbocycles. The van der Waals surface area contributed by atoms with Crippen LogP contribution in [0.5, 0.6) is 11.6 Å². The number of benzene rings is 1. The third kappa shape index (κ3) is 2.77. The Morgan fingerprint density at radius 2 is 2.18 bits per heavy atom. The van der Waals surface area contributed by atoms with Crippen LogP contribution in [-0.4, -0.2) is 21.6 Å². The quantitative estimate of drug-likeness (QED) is 0.755. The Labute approximate surface area is 128 Å². The Bertz CT molecular complexity index is 824. The molecule has 3 rings (SSSR count). The third-order valence-electron chi connectivity index (χ3n) is 3.25. The molecule has 3 aromatic rings. The second kappa shape index (κ2) is 5.87. The zero-order valence-corrected chi connectivity index (χ0v) is 12.3. The number of aromatic nitrogens is 3. The highest BCUT2D eigenvalue weighted by Gasteiger charge is 2.06. The van der Waals surface area contributed by atoms with Crippen molar-refractivity contribution >= 4 is 16.7 Å². The van der Waals surface area contributed by atoms with E-state index in [0.29, 0.717) is 24.0 Å². The van der Waals surface area contributed by atoms with Gasteiger partial charge in [0.1, 0.15) is 12.1 Å². The largest absolute Gasteiger partial charge is 0.439 e. The molecule has 0 atom stereocenters. The SMILES string of the molecule is C=C(N)n1ccc2cc(Oc3cc(CNC)ncn3)ccc21. The number of nitrogens with two attached hydrogens (primary N) is 1. The predicted molar refractivity (Wildman–Crippen MR) is 86.3 cm³/mol. The van der Waals surface area contributed by atoms with Crippen molar-refractivity contribution in [3.63, 3.8) is 0 Å². The van der Waals surface area contributed by atoms with Crippen molar-refractivity contribution in [1.82, 2.24) is 19.9 Å². The summed E-state index contributed by atoms with van der Waals surface area (Å²) in [6.07, 6.45) is 3.38. The Morgan fingerprint density at radius 3 is 2.95 bits per heavy atom. The van der Waals surface area contributed by atoms with Gasteiger partial charge >= 0.3 is 0 Å². The Balaban J connectivity index is 1.88. The fourth-order valence-electron chi connectivity index (χ4n) is 2.27. The van der Waals surface area contributed by atoms with Crippen LogP contribution < -0.4 is 15.8 Å². The van der Waals surface area contributed by atoms with Crippen molar-refractivity contribution in [3.05, 3.63) is 55.1 Å².